The summed E-state index contributed by atoms with van der Waals surface area (Å²) >= 11 is 5.46. The van der Waals surface area contributed by atoms with Crippen molar-refractivity contribution in [1.29, 1.82) is 0 Å². The van der Waals surface area contributed by atoms with E-state index < -0.39 is 0 Å². The molecule has 1 aliphatic carbocycles. The van der Waals surface area contributed by atoms with Crippen molar-refractivity contribution < 1.29 is 0 Å². The first-order chi connectivity index (χ1) is 9.66. The van der Waals surface area contributed by atoms with Crippen molar-refractivity contribution in [2.45, 2.75) is 50.6 Å². The van der Waals surface area contributed by atoms with Crippen LogP contribution in [0.3, 0.4) is 0 Å². The van der Waals surface area contributed by atoms with Gasteiger partial charge in [0.2, 0.25) is 5.95 Å². The molecule has 1 aromatic heterocycles. The van der Waals surface area contributed by atoms with Gasteiger partial charge in [-0.1, -0.05) is 12.8 Å². The van der Waals surface area contributed by atoms with E-state index in [1.165, 1.54) is 45.1 Å². The van der Waals surface area contributed by atoms with Crippen molar-refractivity contribution in [1.82, 2.24) is 19.7 Å². The standard InChI is InChI=1S/C14H25N5S/c1-17-9-5-8-12(10-17)18(2)13-15-16-14(20)19(13)11-6-3-4-7-11/h11-12H,3-10H2,1-2H3,(H,16,20). The molecule has 1 unspecified atom stereocenters. The predicted octanol–water partition coefficient (Wildman–Crippen LogP) is 2.59. The maximum atomic E-state index is 5.46. The van der Waals surface area contributed by atoms with Gasteiger partial charge in [-0.15, -0.1) is 5.10 Å². The van der Waals surface area contributed by atoms with Crippen molar-refractivity contribution in [3.8, 4) is 0 Å². The molecule has 3 rings (SSSR count). The van der Waals surface area contributed by atoms with Crippen molar-refractivity contribution in [3.05, 3.63) is 4.77 Å². The van der Waals surface area contributed by atoms with Gasteiger partial charge in [0, 0.05) is 25.7 Å². The van der Waals surface area contributed by atoms with Crippen molar-refractivity contribution in [2.24, 2.45) is 0 Å². The molecule has 0 spiro atoms. The number of aromatic nitrogens is 3. The molecule has 2 fully saturated rings. The molecule has 5 nitrogen and oxygen atoms in total. The molecule has 1 atom stereocenters. The summed E-state index contributed by atoms with van der Waals surface area (Å²) in [6.07, 6.45) is 7.60. The van der Waals surface area contributed by atoms with E-state index in [4.69, 9.17) is 12.2 Å². The molecule has 0 radical (unpaired) electrons. The SMILES string of the molecule is CN1CCCC(N(C)c2n[nH]c(=S)n2C2CCCC2)C1. The highest BCUT2D eigenvalue weighted by atomic mass is 32.1. The lowest BCUT2D eigenvalue weighted by Crippen LogP contribution is -2.46. The van der Waals surface area contributed by atoms with E-state index in [2.05, 4.69) is 38.7 Å². The zero-order valence-electron chi connectivity index (χ0n) is 12.5. The smallest absolute Gasteiger partial charge is 0.226 e. The second-order valence-electron chi connectivity index (χ2n) is 6.31. The van der Waals surface area contributed by atoms with Gasteiger partial charge < -0.3 is 9.80 Å². The first-order valence-corrected chi connectivity index (χ1v) is 8.16. The number of nitrogens with one attached hydrogen (secondary N) is 1. The molecule has 0 bridgehead atoms. The third-order valence-corrected chi connectivity index (χ3v) is 5.13. The Morgan fingerprint density at radius 1 is 1.25 bits per heavy atom. The van der Waals surface area contributed by atoms with Crippen LogP contribution in [0, 0.1) is 4.77 Å². The van der Waals surface area contributed by atoms with Gasteiger partial charge in [0.1, 0.15) is 0 Å². The fourth-order valence-electron chi connectivity index (χ4n) is 3.66. The lowest BCUT2D eigenvalue weighted by atomic mass is 10.1. The highest BCUT2D eigenvalue weighted by Crippen LogP contribution is 2.33. The minimum Gasteiger partial charge on any atom is -0.340 e. The van der Waals surface area contributed by atoms with Crippen molar-refractivity contribution in [2.75, 3.05) is 32.1 Å². The van der Waals surface area contributed by atoms with E-state index in [1.807, 2.05) is 0 Å². The predicted molar refractivity (Wildman–Crippen MR) is 83.8 cm³/mol. The fourth-order valence-corrected chi connectivity index (χ4v) is 3.93. The van der Waals surface area contributed by atoms with Crippen molar-refractivity contribution >= 4 is 18.2 Å². The number of piperidine rings is 1. The zero-order chi connectivity index (χ0) is 14.1. The van der Waals surface area contributed by atoms with Gasteiger partial charge in [-0.3, -0.25) is 4.57 Å². The zero-order valence-corrected chi connectivity index (χ0v) is 13.3. The molecule has 0 amide bonds. The van der Waals surface area contributed by atoms with Gasteiger partial charge in [-0.25, -0.2) is 5.10 Å². The molecule has 1 aliphatic heterocycles. The van der Waals surface area contributed by atoms with Crippen molar-refractivity contribution in [3.63, 3.8) is 0 Å². The summed E-state index contributed by atoms with van der Waals surface area (Å²) in [7, 11) is 4.37. The van der Waals surface area contributed by atoms with Crippen LogP contribution < -0.4 is 4.90 Å². The van der Waals surface area contributed by atoms with Gasteiger partial charge in [0.15, 0.2) is 4.77 Å². The fraction of sp³-hybridized carbons (Fsp3) is 0.857. The second kappa shape index (κ2) is 5.85. The van der Waals surface area contributed by atoms with E-state index >= 15 is 0 Å². The Morgan fingerprint density at radius 3 is 2.70 bits per heavy atom. The lowest BCUT2D eigenvalue weighted by molar-refractivity contribution is 0.246. The molecule has 1 N–H and O–H groups in total. The van der Waals surface area contributed by atoms with Gasteiger partial charge in [-0.05, 0) is 51.5 Å². The number of aromatic amines is 1. The summed E-state index contributed by atoms with van der Waals surface area (Å²) < 4.78 is 3.04. The highest BCUT2D eigenvalue weighted by Gasteiger charge is 2.27. The van der Waals surface area contributed by atoms with Gasteiger partial charge in [-0.2, -0.15) is 0 Å². The molecule has 1 aromatic rings. The van der Waals surface area contributed by atoms with E-state index in [1.54, 1.807) is 0 Å². The molecule has 20 heavy (non-hydrogen) atoms. The molecule has 2 heterocycles. The van der Waals surface area contributed by atoms with Gasteiger partial charge in [0.25, 0.3) is 0 Å². The maximum absolute atomic E-state index is 5.46. The van der Waals surface area contributed by atoms with E-state index in [9.17, 15) is 0 Å². The number of likely N-dealkylation sites (tertiary alicyclic amines) is 1. The van der Waals surface area contributed by atoms with Crippen LogP contribution in [0.4, 0.5) is 5.95 Å². The van der Waals surface area contributed by atoms with E-state index in [0.29, 0.717) is 12.1 Å². The largest absolute Gasteiger partial charge is 0.340 e. The summed E-state index contributed by atoms with van der Waals surface area (Å²) in [5, 5.41) is 7.52. The van der Waals surface area contributed by atoms with Crippen LogP contribution in [0.2, 0.25) is 0 Å². The summed E-state index contributed by atoms with van der Waals surface area (Å²) in [6.45, 7) is 2.32. The van der Waals surface area contributed by atoms with Gasteiger partial charge >= 0.3 is 0 Å². The number of hydrogen-bond donors (Lipinski definition) is 1. The van der Waals surface area contributed by atoms with Crippen LogP contribution in [-0.2, 0) is 0 Å². The van der Waals surface area contributed by atoms with E-state index in [-0.39, 0.29) is 0 Å². The molecule has 1 saturated carbocycles. The quantitative estimate of drug-likeness (QED) is 0.870. The topological polar surface area (TPSA) is 40.1 Å². The first kappa shape index (κ1) is 14.1. The Labute approximate surface area is 126 Å². The average molecular weight is 295 g/mol. The normalized spacial score (nSPS) is 25.2. The van der Waals surface area contributed by atoms with E-state index in [0.717, 1.165) is 17.3 Å². The number of nitrogens with zero attached hydrogens (tertiary/aromatic N) is 4. The maximum Gasteiger partial charge on any atom is 0.226 e. The monoisotopic (exact) mass is 295 g/mol. The minimum atomic E-state index is 0.541. The number of anilines is 1. The van der Waals surface area contributed by atoms with Crippen LogP contribution in [0.1, 0.15) is 44.6 Å². The first-order valence-electron chi connectivity index (χ1n) is 7.75. The summed E-state index contributed by atoms with van der Waals surface area (Å²) in [4.78, 5) is 4.74. The minimum absolute atomic E-state index is 0.541. The van der Waals surface area contributed by atoms with Crippen LogP contribution in [0.25, 0.3) is 0 Å². The Balaban J connectivity index is 1.84. The molecule has 112 valence electrons. The average Bonchev–Trinajstić information content (AvgIpc) is 3.06. The number of H-pyrrole nitrogens is 1. The third kappa shape index (κ3) is 2.63. The lowest BCUT2D eigenvalue weighted by Gasteiger charge is -2.36. The van der Waals surface area contributed by atoms with Crippen LogP contribution in [0.5, 0.6) is 0 Å². The molecule has 0 aromatic carbocycles. The van der Waals surface area contributed by atoms with Crippen LogP contribution >= 0.6 is 12.2 Å². The second-order valence-corrected chi connectivity index (χ2v) is 6.69. The van der Waals surface area contributed by atoms with Crippen LogP contribution in [0.15, 0.2) is 0 Å². The highest BCUT2D eigenvalue weighted by molar-refractivity contribution is 7.71. The molecular weight excluding hydrogens is 270 g/mol. The Bertz CT molecular complexity index is 502. The Hall–Kier alpha value is -0.880. The molecule has 1 saturated heterocycles. The number of likely N-dealkylation sites (N-methyl/N-ethyl adjacent to an activating group) is 2. The number of hydrogen-bond acceptors (Lipinski definition) is 4. The Kier molecular flexibility index (Phi) is 4.12. The summed E-state index contributed by atoms with van der Waals surface area (Å²) in [5.74, 6) is 1.03. The van der Waals surface area contributed by atoms with Gasteiger partial charge in [0.05, 0.1) is 0 Å². The third-order valence-electron chi connectivity index (χ3n) is 4.84. The number of rotatable bonds is 3. The summed E-state index contributed by atoms with van der Waals surface area (Å²) in [5.41, 5.74) is 0. The molecule has 6 heteroatoms. The molecule has 2 aliphatic rings. The molecular formula is C14H25N5S. The summed E-state index contributed by atoms with van der Waals surface area (Å²) in [6, 6.07) is 1.08. The Morgan fingerprint density at radius 2 is 2.00 bits per heavy atom. The van der Waals surface area contributed by atoms with Crippen LogP contribution in [-0.4, -0.2) is 52.9 Å².